The molecule has 166 valence electrons. The van der Waals surface area contributed by atoms with Gasteiger partial charge < -0.3 is 14.4 Å². The van der Waals surface area contributed by atoms with Crippen molar-refractivity contribution >= 4 is 17.9 Å². The van der Waals surface area contributed by atoms with Crippen LogP contribution in [0, 0.1) is 6.92 Å². The van der Waals surface area contributed by atoms with Gasteiger partial charge in [0.25, 0.3) is 0 Å². The highest BCUT2D eigenvalue weighted by molar-refractivity contribution is 5.84. The minimum Gasteiger partial charge on any atom is -0.444 e. The molecule has 1 aliphatic heterocycles. The summed E-state index contributed by atoms with van der Waals surface area (Å²) in [5.74, 6) is 0.387. The monoisotopic (exact) mass is 424 g/mol. The van der Waals surface area contributed by atoms with Gasteiger partial charge >= 0.3 is 12.2 Å². The second kappa shape index (κ2) is 9.86. The van der Waals surface area contributed by atoms with Gasteiger partial charge in [-0.25, -0.2) is 9.59 Å². The van der Waals surface area contributed by atoms with Crippen LogP contribution in [0.25, 0.3) is 0 Å². The third-order valence-electron chi connectivity index (χ3n) is 5.32. The molecule has 2 aromatic rings. The Kier molecular flexibility index (Phi) is 7.21. The van der Waals surface area contributed by atoms with Gasteiger partial charge in [0.15, 0.2) is 0 Å². The largest absolute Gasteiger partial charge is 0.444 e. The van der Waals surface area contributed by atoms with Gasteiger partial charge in [-0.3, -0.25) is 5.32 Å². The van der Waals surface area contributed by atoms with Crippen LogP contribution in [0.4, 0.5) is 15.3 Å². The molecular weight excluding hydrogens is 392 g/mol. The molecule has 6 heteroatoms. The van der Waals surface area contributed by atoms with E-state index in [0.29, 0.717) is 24.7 Å². The highest BCUT2D eigenvalue weighted by Gasteiger charge is 2.28. The molecule has 0 bridgehead atoms. The molecule has 0 radical (unpaired) electrons. The van der Waals surface area contributed by atoms with E-state index in [1.54, 1.807) is 4.90 Å². The van der Waals surface area contributed by atoms with E-state index in [-0.39, 0.29) is 12.7 Å². The maximum atomic E-state index is 12.3. The molecule has 0 atom stereocenters. The van der Waals surface area contributed by atoms with E-state index in [1.165, 1.54) is 5.56 Å². The minimum atomic E-state index is -0.477. The number of carbonyl (C=O) groups excluding carboxylic acids is 2. The van der Waals surface area contributed by atoms with Gasteiger partial charge in [0, 0.05) is 18.8 Å². The third-order valence-corrected chi connectivity index (χ3v) is 5.32. The normalized spacial score (nSPS) is 14.8. The lowest BCUT2D eigenvalue weighted by atomic mass is 9.87. The zero-order chi connectivity index (χ0) is 22.4. The molecular formula is C25H32N2O4. The van der Waals surface area contributed by atoms with Crippen molar-refractivity contribution in [1.82, 2.24) is 4.90 Å². The van der Waals surface area contributed by atoms with Crippen LogP contribution in [0.3, 0.4) is 0 Å². The first-order chi connectivity index (χ1) is 14.7. The van der Waals surface area contributed by atoms with Crippen LogP contribution in [-0.4, -0.2) is 35.8 Å². The van der Waals surface area contributed by atoms with Gasteiger partial charge in [-0.2, -0.15) is 0 Å². The molecule has 3 rings (SSSR count). The molecule has 6 nitrogen and oxygen atoms in total. The predicted molar refractivity (Wildman–Crippen MR) is 121 cm³/mol. The Labute approximate surface area is 184 Å². The summed E-state index contributed by atoms with van der Waals surface area (Å²) >= 11 is 0. The number of nitrogens with zero attached hydrogens (tertiary/aromatic N) is 1. The number of amides is 2. The molecule has 0 saturated carbocycles. The number of carbonyl (C=O) groups is 2. The molecule has 0 unspecified atom stereocenters. The van der Waals surface area contributed by atoms with Crippen molar-refractivity contribution in [2.45, 2.75) is 58.7 Å². The van der Waals surface area contributed by atoms with E-state index in [4.69, 9.17) is 9.47 Å². The number of anilines is 1. The molecule has 0 aromatic heterocycles. The molecule has 2 amide bonds. The average molecular weight is 425 g/mol. The van der Waals surface area contributed by atoms with Crippen LogP contribution in [0.15, 0.2) is 48.5 Å². The molecule has 1 N–H and O–H groups in total. The standard InChI is InChI=1S/C25H32N2O4/c1-18-16-21(26-23(28)30-17-19-8-6-5-7-9-19)10-11-22(18)20-12-14-27(15-13-20)24(29)31-25(2,3)4/h5-11,16,20H,12-15,17H2,1-4H3,(H,26,28). The van der Waals surface area contributed by atoms with Crippen molar-refractivity contribution < 1.29 is 19.1 Å². The van der Waals surface area contributed by atoms with Crippen LogP contribution in [0.5, 0.6) is 0 Å². The Morgan fingerprint density at radius 2 is 1.74 bits per heavy atom. The first-order valence-electron chi connectivity index (χ1n) is 10.8. The van der Waals surface area contributed by atoms with Crippen LogP contribution in [-0.2, 0) is 16.1 Å². The van der Waals surface area contributed by atoms with E-state index >= 15 is 0 Å². The highest BCUT2D eigenvalue weighted by atomic mass is 16.6. The van der Waals surface area contributed by atoms with Crippen molar-refractivity contribution in [2.75, 3.05) is 18.4 Å². The maximum Gasteiger partial charge on any atom is 0.411 e. The lowest BCUT2D eigenvalue weighted by molar-refractivity contribution is 0.0204. The molecule has 0 spiro atoms. The van der Waals surface area contributed by atoms with Crippen molar-refractivity contribution in [3.8, 4) is 0 Å². The number of nitrogens with one attached hydrogen (secondary N) is 1. The Morgan fingerprint density at radius 1 is 1.06 bits per heavy atom. The van der Waals surface area contributed by atoms with Gasteiger partial charge in [-0.1, -0.05) is 36.4 Å². The summed E-state index contributed by atoms with van der Waals surface area (Å²) in [6.07, 6.45) is 1.08. The molecule has 2 aromatic carbocycles. The predicted octanol–water partition coefficient (Wildman–Crippen LogP) is 5.86. The summed E-state index contributed by atoms with van der Waals surface area (Å²) in [5.41, 5.74) is 3.56. The summed E-state index contributed by atoms with van der Waals surface area (Å²) in [6.45, 7) is 9.31. The lowest BCUT2D eigenvalue weighted by Gasteiger charge is -2.34. The number of likely N-dealkylation sites (tertiary alicyclic amines) is 1. The highest BCUT2D eigenvalue weighted by Crippen LogP contribution is 2.32. The van der Waals surface area contributed by atoms with E-state index in [1.807, 2.05) is 63.2 Å². The van der Waals surface area contributed by atoms with Crippen molar-refractivity contribution in [3.63, 3.8) is 0 Å². The lowest BCUT2D eigenvalue weighted by Crippen LogP contribution is -2.41. The number of piperidine rings is 1. The minimum absolute atomic E-state index is 0.236. The Bertz CT molecular complexity index is 897. The molecule has 1 aliphatic rings. The zero-order valence-electron chi connectivity index (χ0n) is 18.8. The molecule has 1 fully saturated rings. The fraction of sp³-hybridized carbons (Fsp3) is 0.440. The number of rotatable bonds is 4. The van der Waals surface area contributed by atoms with Gasteiger partial charge in [0.05, 0.1) is 0 Å². The fourth-order valence-electron chi connectivity index (χ4n) is 3.79. The molecule has 31 heavy (non-hydrogen) atoms. The smallest absolute Gasteiger partial charge is 0.411 e. The van der Waals surface area contributed by atoms with Gasteiger partial charge in [-0.05, 0) is 75.3 Å². The zero-order valence-corrected chi connectivity index (χ0v) is 18.8. The van der Waals surface area contributed by atoms with E-state index in [2.05, 4.69) is 18.3 Å². The SMILES string of the molecule is Cc1cc(NC(=O)OCc2ccccc2)ccc1C1CCN(C(=O)OC(C)(C)C)CC1. The summed E-state index contributed by atoms with van der Waals surface area (Å²) in [6, 6.07) is 15.5. The van der Waals surface area contributed by atoms with Gasteiger partial charge in [0.1, 0.15) is 12.2 Å². The maximum absolute atomic E-state index is 12.3. The van der Waals surface area contributed by atoms with Crippen LogP contribution >= 0.6 is 0 Å². The summed E-state index contributed by atoms with van der Waals surface area (Å²) < 4.78 is 10.8. The first-order valence-corrected chi connectivity index (χ1v) is 10.8. The average Bonchev–Trinajstić information content (AvgIpc) is 2.72. The van der Waals surface area contributed by atoms with Crippen LogP contribution < -0.4 is 5.32 Å². The molecule has 1 saturated heterocycles. The number of hydrogen-bond donors (Lipinski definition) is 1. The summed E-state index contributed by atoms with van der Waals surface area (Å²) in [4.78, 5) is 26.2. The van der Waals surface area contributed by atoms with Crippen LogP contribution in [0.1, 0.15) is 56.2 Å². The Hall–Kier alpha value is -3.02. The number of aryl methyl sites for hydroxylation is 1. The number of benzene rings is 2. The topological polar surface area (TPSA) is 67.9 Å². The number of ether oxygens (including phenoxy) is 2. The quantitative estimate of drug-likeness (QED) is 0.668. The van der Waals surface area contributed by atoms with Crippen molar-refractivity contribution in [1.29, 1.82) is 0 Å². The Morgan fingerprint density at radius 3 is 2.35 bits per heavy atom. The van der Waals surface area contributed by atoms with Crippen LogP contribution in [0.2, 0.25) is 0 Å². The van der Waals surface area contributed by atoms with E-state index < -0.39 is 11.7 Å². The van der Waals surface area contributed by atoms with Gasteiger partial charge in [-0.15, -0.1) is 0 Å². The Balaban J connectivity index is 1.51. The third kappa shape index (κ3) is 6.74. The first kappa shape index (κ1) is 22.7. The number of hydrogen-bond acceptors (Lipinski definition) is 4. The van der Waals surface area contributed by atoms with E-state index in [9.17, 15) is 9.59 Å². The van der Waals surface area contributed by atoms with Crippen molar-refractivity contribution in [2.24, 2.45) is 0 Å². The van der Waals surface area contributed by atoms with Gasteiger partial charge in [0.2, 0.25) is 0 Å². The van der Waals surface area contributed by atoms with Crippen molar-refractivity contribution in [3.05, 3.63) is 65.2 Å². The summed E-state index contributed by atoms with van der Waals surface area (Å²) in [5, 5.41) is 2.80. The summed E-state index contributed by atoms with van der Waals surface area (Å²) in [7, 11) is 0. The fourth-order valence-corrected chi connectivity index (χ4v) is 3.79. The second-order valence-corrected chi connectivity index (χ2v) is 9.00. The van der Waals surface area contributed by atoms with E-state index in [0.717, 1.165) is 24.0 Å². The second-order valence-electron chi connectivity index (χ2n) is 9.00. The molecule has 1 heterocycles. The molecule has 0 aliphatic carbocycles.